The number of urea groups is 1. The number of rotatable bonds is 9. The van der Waals surface area contributed by atoms with Crippen LogP contribution >= 0.6 is 0 Å². The molecule has 3 amide bonds. The summed E-state index contributed by atoms with van der Waals surface area (Å²) < 4.78 is 22.5. The Morgan fingerprint density at radius 3 is 2.23 bits per heavy atom. The summed E-state index contributed by atoms with van der Waals surface area (Å²) in [6, 6.07) is -0.551. The van der Waals surface area contributed by atoms with Crippen molar-refractivity contribution >= 4 is 21.8 Å². The second-order valence-electron chi connectivity index (χ2n) is 5.62. The van der Waals surface area contributed by atoms with E-state index in [1.165, 1.54) is 0 Å². The quantitative estimate of drug-likeness (QED) is 0.536. The first kappa shape index (κ1) is 18.7. The monoisotopic (exact) mass is 333 g/mol. The topological polar surface area (TPSA) is 104 Å². The van der Waals surface area contributed by atoms with Crippen molar-refractivity contribution in [2.45, 2.75) is 51.5 Å². The lowest BCUT2D eigenvalue weighted by Gasteiger charge is -2.12. The van der Waals surface area contributed by atoms with Gasteiger partial charge < -0.3 is 16.0 Å². The number of hydrogen-bond donors (Lipinski definition) is 3. The Labute approximate surface area is 132 Å². The summed E-state index contributed by atoms with van der Waals surface area (Å²) in [5.41, 5.74) is 0. The molecule has 1 fully saturated rings. The van der Waals surface area contributed by atoms with Crippen molar-refractivity contribution in [1.29, 1.82) is 0 Å². The van der Waals surface area contributed by atoms with Gasteiger partial charge in [-0.25, -0.2) is 13.2 Å². The smallest absolute Gasteiger partial charge is 0.315 e. The molecule has 1 saturated heterocycles. The SMILES string of the molecule is CCC(=O)NCCCCCCNC(=O)NC1CCS(=O)(=O)C1. The largest absolute Gasteiger partial charge is 0.356 e. The van der Waals surface area contributed by atoms with Crippen molar-refractivity contribution in [2.75, 3.05) is 24.6 Å². The minimum absolute atomic E-state index is 0.0455. The standard InChI is InChI=1S/C14H27N3O4S/c1-2-13(18)15-8-5-3-4-6-9-16-14(19)17-12-7-10-22(20,21)11-12/h12H,2-11H2,1H3,(H,15,18)(H2,16,17,19). The van der Waals surface area contributed by atoms with Crippen molar-refractivity contribution in [2.24, 2.45) is 0 Å². The molecule has 8 heteroatoms. The maximum atomic E-state index is 11.6. The Morgan fingerprint density at radius 2 is 1.68 bits per heavy atom. The molecule has 1 atom stereocenters. The lowest BCUT2D eigenvalue weighted by atomic mass is 10.2. The van der Waals surface area contributed by atoms with Crippen LogP contribution in [0.4, 0.5) is 4.79 Å². The van der Waals surface area contributed by atoms with E-state index in [0.717, 1.165) is 25.7 Å². The molecule has 1 unspecified atom stereocenters. The molecule has 1 aliphatic heterocycles. The molecular formula is C14H27N3O4S. The number of carbonyl (C=O) groups excluding carboxylic acids is 2. The van der Waals surface area contributed by atoms with Crippen molar-refractivity contribution < 1.29 is 18.0 Å². The molecule has 0 saturated carbocycles. The van der Waals surface area contributed by atoms with E-state index < -0.39 is 9.84 Å². The third-order valence-corrected chi connectivity index (χ3v) is 5.37. The predicted molar refractivity (Wildman–Crippen MR) is 85.4 cm³/mol. The fourth-order valence-corrected chi connectivity index (χ4v) is 3.98. The van der Waals surface area contributed by atoms with Gasteiger partial charge in [-0.05, 0) is 19.3 Å². The van der Waals surface area contributed by atoms with Gasteiger partial charge >= 0.3 is 6.03 Å². The molecule has 0 aromatic carbocycles. The Balaban J connectivity index is 1.94. The van der Waals surface area contributed by atoms with Crippen LogP contribution in [0, 0.1) is 0 Å². The molecule has 0 aliphatic carbocycles. The van der Waals surface area contributed by atoms with Crippen molar-refractivity contribution in [3.8, 4) is 0 Å². The van der Waals surface area contributed by atoms with Gasteiger partial charge in [0.2, 0.25) is 5.91 Å². The summed E-state index contributed by atoms with van der Waals surface area (Å²) in [6.07, 6.45) is 4.82. The van der Waals surface area contributed by atoms with E-state index in [1.54, 1.807) is 0 Å². The Hall–Kier alpha value is -1.31. The summed E-state index contributed by atoms with van der Waals surface area (Å²) in [4.78, 5) is 22.6. The molecule has 0 aromatic rings. The number of amides is 3. The molecule has 22 heavy (non-hydrogen) atoms. The van der Waals surface area contributed by atoms with E-state index in [-0.39, 0.29) is 29.5 Å². The second kappa shape index (κ2) is 9.66. The van der Waals surface area contributed by atoms with E-state index in [0.29, 0.717) is 25.9 Å². The van der Waals surface area contributed by atoms with Crippen molar-refractivity contribution in [1.82, 2.24) is 16.0 Å². The third-order valence-electron chi connectivity index (χ3n) is 3.60. The lowest BCUT2D eigenvalue weighted by Crippen LogP contribution is -2.42. The summed E-state index contributed by atoms with van der Waals surface area (Å²) in [6.45, 7) is 3.11. The number of carbonyl (C=O) groups is 2. The van der Waals surface area contributed by atoms with Gasteiger partial charge in [0.1, 0.15) is 0 Å². The molecule has 0 aromatic heterocycles. The molecule has 1 aliphatic rings. The van der Waals surface area contributed by atoms with E-state index in [1.807, 2.05) is 6.92 Å². The molecule has 0 bridgehead atoms. The first-order chi connectivity index (χ1) is 10.4. The van der Waals surface area contributed by atoms with E-state index in [2.05, 4.69) is 16.0 Å². The normalized spacial score (nSPS) is 19.6. The van der Waals surface area contributed by atoms with Gasteiger partial charge in [0.25, 0.3) is 0 Å². The lowest BCUT2D eigenvalue weighted by molar-refractivity contribution is -0.120. The molecule has 3 N–H and O–H groups in total. The van der Waals surface area contributed by atoms with Crippen LogP contribution in [0.5, 0.6) is 0 Å². The van der Waals surface area contributed by atoms with Crippen LogP contribution in [0.1, 0.15) is 45.4 Å². The van der Waals surface area contributed by atoms with Gasteiger partial charge in [-0.3, -0.25) is 4.79 Å². The molecule has 1 rings (SSSR count). The van der Waals surface area contributed by atoms with Crippen LogP contribution in [0.25, 0.3) is 0 Å². The van der Waals surface area contributed by atoms with Gasteiger partial charge in [0.15, 0.2) is 9.84 Å². The maximum absolute atomic E-state index is 11.6. The highest BCUT2D eigenvalue weighted by atomic mass is 32.2. The molecule has 1 heterocycles. The minimum atomic E-state index is -2.96. The number of nitrogens with one attached hydrogen (secondary N) is 3. The summed E-state index contributed by atoms with van der Waals surface area (Å²) >= 11 is 0. The van der Waals surface area contributed by atoms with Crippen LogP contribution in [0.15, 0.2) is 0 Å². The fraction of sp³-hybridized carbons (Fsp3) is 0.857. The maximum Gasteiger partial charge on any atom is 0.315 e. The molecular weight excluding hydrogens is 306 g/mol. The van der Waals surface area contributed by atoms with E-state index in [4.69, 9.17) is 0 Å². The summed E-state index contributed by atoms with van der Waals surface area (Å²) in [5, 5.41) is 8.25. The summed E-state index contributed by atoms with van der Waals surface area (Å²) in [5.74, 6) is 0.281. The van der Waals surface area contributed by atoms with E-state index >= 15 is 0 Å². The van der Waals surface area contributed by atoms with Gasteiger partial charge in [-0.1, -0.05) is 19.8 Å². The number of sulfone groups is 1. The zero-order valence-electron chi connectivity index (χ0n) is 13.2. The first-order valence-electron chi connectivity index (χ1n) is 7.94. The zero-order chi connectivity index (χ0) is 16.4. The Kier molecular flexibility index (Phi) is 8.22. The zero-order valence-corrected chi connectivity index (χ0v) is 14.0. The Morgan fingerprint density at radius 1 is 1.05 bits per heavy atom. The van der Waals surface area contributed by atoms with Crippen LogP contribution in [0.2, 0.25) is 0 Å². The van der Waals surface area contributed by atoms with Crippen molar-refractivity contribution in [3.63, 3.8) is 0 Å². The molecule has 128 valence electrons. The average molecular weight is 333 g/mol. The van der Waals surface area contributed by atoms with Gasteiger partial charge in [-0.15, -0.1) is 0 Å². The van der Waals surface area contributed by atoms with Gasteiger partial charge in [0.05, 0.1) is 11.5 Å². The minimum Gasteiger partial charge on any atom is -0.356 e. The van der Waals surface area contributed by atoms with Crippen LogP contribution in [-0.2, 0) is 14.6 Å². The van der Waals surface area contributed by atoms with Crippen LogP contribution in [-0.4, -0.2) is 51.0 Å². The molecule has 0 spiro atoms. The van der Waals surface area contributed by atoms with Crippen LogP contribution in [0.3, 0.4) is 0 Å². The number of unbranched alkanes of at least 4 members (excludes halogenated alkanes) is 3. The first-order valence-corrected chi connectivity index (χ1v) is 9.76. The van der Waals surface area contributed by atoms with Crippen LogP contribution < -0.4 is 16.0 Å². The Bertz CT molecular complexity index is 465. The fourth-order valence-electron chi connectivity index (χ4n) is 2.30. The van der Waals surface area contributed by atoms with Crippen molar-refractivity contribution in [3.05, 3.63) is 0 Å². The highest BCUT2D eigenvalue weighted by molar-refractivity contribution is 7.91. The predicted octanol–water partition coefficient (Wildman–Crippen LogP) is 0.559. The molecule has 0 radical (unpaired) electrons. The van der Waals surface area contributed by atoms with Gasteiger partial charge in [-0.2, -0.15) is 0 Å². The molecule has 7 nitrogen and oxygen atoms in total. The van der Waals surface area contributed by atoms with E-state index in [9.17, 15) is 18.0 Å². The highest BCUT2D eigenvalue weighted by Gasteiger charge is 2.28. The average Bonchev–Trinajstić information content (AvgIpc) is 2.80. The second-order valence-corrected chi connectivity index (χ2v) is 7.85. The van der Waals surface area contributed by atoms with Gasteiger partial charge in [0, 0.05) is 25.6 Å². The summed E-state index contributed by atoms with van der Waals surface area (Å²) in [7, 11) is -2.96. The number of hydrogen-bond acceptors (Lipinski definition) is 4. The highest BCUT2D eigenvalue weighted by Crippen LogP contribution is 2.10. The third kappa shape index (κ3) is 8.21.